The average molecular weight is 302 g/mol. The molecular formula is C13H11ClF3N3. The highest BCUT2D eigenvalue weighted by Crippen LogP contribution is 2.34. The number of rotatable bonds is 3. The van der Waals surface area contributed by atoms with Crippen LogP contribution in [0.1, 0.15) is 18.4 Å². The summed E-state index contributed by atoms with van der Waals surface area (Å²) in [6.45, 7) is 0. The molecule has 1 heterocycles. The topological polar surface area (TPSA) is 29.9 Å². The zero-order valence-corrected chi connectivity index (χ0v) is 11.0. The summed E-state index contributed by atoms with van der Waals surface area (Å²) in [5, 5.41) is 3.24. The molecule has 1 aliphatic rings. The predicted molar refractivity (Wildman–Crippen MR) is 70.2 cm³/mol. The quantitative estimate of drug-likeness (QED) is 0.924. The summed E-state index contributed by atoms with van der Waals surface area (Å²) in [6.07, 6.45) is 1.01. The summed E-state index contributed by atoms with van der Waals surface area (Å²) in [4.78, 5) is 4.16. The van der Waals surface area contributed by atoms with Crippen molar-refractivity contribution in [3.63, 3.8) is 0 Å². The van der Waals surface area contributed by atoms with E-state index in [4.69, 9.17) is 11.6 Å². The van der Waals surface area contributed by atoms with Crippen LogP contribution in [0.15, 0.2) is 30.6 Å². The van der Waals surface area contributed by atoms with Gasteiger partial charge in [0.15, 0.2) is 0 Å². The first-order valence-corrected chi connectivity index (χ1v) is 6.50. The van der Waals surface area contributed by atoms with Gasteiger partial charge in [0.05, 0.1) is 16.3 Å². The SMILES string of the molecule is FC(F)(F)c1ccc(-n2ccnc2NC2CC2)c(Cl)c1. The van der Waals surface area contributed by atoms with Gasteiger partial charge in [0.2, 0.25) is 5.95 Å². The van der Waals surface area contributed by atoms with E-state index in [0.29, 0.717) is 17.7 Å². The van der Waals surface area contributed by atoms with Crippen LogP contribution >= 0.6 is 11.6 Å². The fourth-order valence-electron chi connectivity index (χ4n) is 1.89. The van der Waals surface area contributed by atoms with Crippen LogP contribution in [0.5, 0.6) is 0 Å². The van der Waals surface area contributed by atoms with Crippen LogP contribution in [0, 0.1) is 0 Å². The molecule has 7 heteroatoms. The molecule has 3 nitrogen and oxygen atoms in total. The van der Waals surface area contributed by atoms with Crippen molar-refractivity contribution in [2.75, 3.05) is 5.32 Å². The minimum absolute atomic E-state index is 0.0386. The molecule has 0 bridgehead atoms. The number of hydrogen-bond donors (Lipinski definition) is 1. The van der Waals surface area contributed by atoms with Crippen LogP contribution in [0.4, 0.5) is 19.1 Å². The van der Waals surface area contributed by atoms with Gasteiger partial charge in [-0.2, -0.15) is 13.2 Å². The summed E-state index contributed by atoms with van der Waals surface area (Å²) in [5.74, 6) is 0.592. The molecule has 0 amide bonds. The van der Waals surface area contributed by atoms with Crippen molar-refractivity contribution in [3.05, 3.63) is 41.2 Å². The van der Waals surface area contributed by atoms with Crippen LogP contribution in [-0.4, -0.2) is 15.6 Å². The lowest BCUT2D eigenvalue weighted by molar-refractivity contribution is -0.137. The average Bonchev–Trinajstić information content (AvgIpc) is 3.06. The maximum Gasteiger partial charge on any atom is 0.416 e. The van der Waals surface area contributed by atoms with Crippen LogP contribution in [0.2, 0.25) is 5.02 Å². The highest BCUT2D eigenvalue weighted by molar-refractivity contribution is 6.32. The number of halogens is 4. The molecule has 0 radical (unpaired) electrons. The molecule has 3 rings (SSSR count). The Bertz CT molecular complexity index is 632. The van der Waals surface area contributed by atoms with E-state index in [-0.39, 0.29) is 5.02 Å². The van der Waals surface area contributed by atoms with E-state index in [1.54, 1.807) is 17.0 Å². The van der Waals surface area contributed by atoms with Crippen molar-refractivity contribution in [1.29, 1.82) is 0 Å². The number of imidazole rings is 1. The Morgan fingerprint density at radius 3 is 2.65 bits per heavy atom. The second kappa shape index (κ2) is 4.70. The smallest absolute Gasteiger partial charge is 0.353 e. The van der Waals surface area contributed by atoms with E-state index in [0.717, 1.165) is 25.0 Å². The highest BCUT2D eigenvalue weighted by Gasteiger charge is 2.31. The van der Waals surface area contributed by atoms with E-state index < -0.39 is 11.7 Å². The Hall–Kier alpha value is -1.69. The van der Waals surface area contributed by atoms with E-state index in [1.807, 2.05) is 0 Å². The fourth-order valence-corrected chi connectivity index (χ4v) is 2.17. The number of anilines is 1. The maximum atomic E-state index is 12.6. The molecule has 20 heavy (non-hydrogen) atoms. The molecule has 0 unspecified atom stereocenters. The van der Waals surface area contributed by atoms with E-state index in [2.05, 4.69) is 10.3 Å². The van der Waals surface area contributed by atoms with Crippen LogP contribution < -0.4 is 5.32 Å². The van der Waals surface area contributed by atoms with Gasteiger partial charge in [0, 0.05) is 18.4 Å². The first-order valence-electron chi connectivity index (χ1n) is 6.12. The molecule has 2 aromatic rings. The van der Waals surface area contributed by atoms with E-state index >= 15 is 0 Å². The van der Waals surface area contributed by atoms with Gasteiger partial charge in [-0.1, -0.05) is 11.6 Å². The highest BCUT2D eigenvalue weighted by atomic mass is 35.5. The zero-order valence-electron chi connectivity index (χ0n) is 10.3. The van der Waals surface area contributed by atoms with Crippen molar-refractivity contribution >= 4 is 17.5 Å². The standard InChI is InChI=1S/C13H11ClF3N3/c14-10-7-8(13(15,16)17)1-4-11(10)20-6-5-18-12(20)19-9-2-3-9/h1,4-7,9H,2-3H2,(H,18,19). The van der Waals surface area contributed by atoms with Crippen LogP contribution in [0.3, 0.4) is 0 Å². The van der Waals surface area contributed by atoms with Gasteiger partial charge in [-0.3, -0.25) is 4.57 Å². The largest absolute Gasteiger partial charge is 0.416 e. The van der Waals surface area contributed by atoms with Crippen LogP contribution in [0.25, 0.3) is 5.69 Å². The van der Waals surface area contributed by atoms with Crippen molar-refractivity contribution in [1.82, 2.24) is 9.55 Å². The lowest BCUT2D eigenvalue weighted by Crippen LogP contribution is -2.09. The van der Waals surface area contributed by atoms with Gasteiger partial charge in [-0.05, 0) is 31.0 Å². The summed E-state index contributed by atoms with van der Waals surface area (Å²) >= 11 is 5.97. The minimum Gasteiger partial charge on any atom is -0.353 e. The molecule has 0 saturated heterocycles. The summed E-state index contributed by atoms with van der Waals surface area (Å²) in [7, 11) is 0. The number of hydrogen-bond acceptors (Lipinski definition) is 2. The fraction of sp³-hybridized carbons (Fsp3) is 0.308. The molecule has 1 saturated carbocycles. The lowest BCUT2D eigenvalue weighted by atomic mass is 10.2. The lowest BCUT2D eigenvalue weighted by Gasteiger charge is -2.13. The molecule has 1 N–H and O–H groups in total. The van der Waals surface area contributed by atoms with Gasteiger partial charge in [0.25, 0.3) is 0 Å². The molecule has 1 fully saturated rings. The minimum atomic E-state index is -4.40. The second-order valence-electron chi connectivity index (χ2n) is 4.70. The van der Waals surface area contributed by atoms with Gasteiger partial charge in [-0.15, -0.1) is 0 Å². The third-order valence-corrected chi connectivity index (χ3v) is 3.39. The normalized spacial score (nSPS) is 15.4. The third-order valence-electron chi connectivity index (χ3n) is 3.09. The van der Waals surface area contributed by atoms with Gasteiger partial charge in [-0.25, -0.2) is 4.98 Å². The second-order valence-corrected chi connectivity index (χ2v) is 5.11. The predicted octanol–water partition coefficient (Wildman–Crippen LogP) is 4.12. The zero-order chi connectivity index (χ0) is 14.3. The molecule has 1 aromatic carbocycles. The number of aromatic nitrogens is 2. The van der Waals surface area contributed by atoms with E-state index in [9.17, 15) is 13.2 Å². The van der Waals surface area contributed by atoms with Crippen molar-refractivity contribution in [3.8, 4) is 5.69 Å². The number of nitrogens with zero attached hydrogens (tertiary/aromatic N) is 2. The van der Waals surface area contributed by atoms with Gasteiger partial charge < -0.3 is 5.32 Å². The molecule has 1 aromatic heterocycles. The summed E-state index contributed by atoms with van der Waals surface area (Å²) in [6, 6.07) is 3.69. The van der Waals surface area contributed by atoms with Gasteiger partial charge in [0.1, 0.15) is 0 Å². The van der Waals surface area contributed by atoms with Gasteiger partial charge >= 0.3 is 6.18 Å². The monoisotopic (exact) mass is 301 g/mol. The van der Waals surface area contributed by atoms with Crippen LogP contribution in [-0.2, 0) is 6.18 Å². The Morgan fingerprint density at radius 2 is 2.05 bits per heavy atom. The molecule has 0 spiro atoms. The van der Waals surface area contributed by atoms with E-state index in [1.165, 1.54) is 6.07 Å². The van der Waals surface area contributed by atoms with Crippen molar-refractivity contribution in [2.24, 2.45) is 0 Å². The Balaban J connectivity index is 1.96. The first kappa shape index (κ1) is 13.3. The molecule has 106 valence electrons. The molecule has 1 aliphatic carbocycles. The Morgan fingerprint density at radius 1 is 1.30 bits per heavy atom. The summed E-state index contributed by atoms with van der Waals surface area (Å²) < 4.78 is 39.5. The van der Waals surface area contributed by atoms with Crippen molar-refractivity contribution < 1.29 is 13.2 Å². The van der Waals surface area contributed by atoms with Crippen molar-refractivity contribution in [2.45, 2.75) is 25.1 Å². The summed E-state index contributed by atoms with van der Waals surface area (Å²) in [5.41, 5.74) is -0.289. The first-order chi connectivity index (χ1) is 9.45. The number of nitrogens with one attached hydrogen (secondary N) is 1. The maximum absolute atomic E-state index is 12.6. The Labute approximate surface area is 118 Å². The molecule has 0 aliphatic heterocycles. The molecule has 0 atom stereocenters. The molecular weight excluding hydrogens is 291 g/mol. The Kier molecular flexibility index (Phi) is 3.12. The third kappa shape index (κ3) is 2.60. The number of benzene rings is 1. The number of alkyl halides is 3.